The summed E-state index contributed by atoms with van der Waals surface area (Å²) in [5.74, 6) is -0.781. The summed E-state index contributed by atoms with van der Waals surface area (Å²) in [6.45, 7) is 3.34. The SMILES string of the molecule is CCCCCCCC/C=C\C/C=C\CC(O)C(=O)NC(COC1OC(CO)C(O)C(O)C1O)C(O)C(O)CCC/C=C/CC/C=C/CCCCCCCCCC. The minimum Gasteiger partial charge on any atom is -0.394 e. The molecular weight excluding hydrogens is 714 g/mol. The van der Waals surface area contributed by atoms with Gasteiger partial charge in [0.15, 0.2) is 6.29 Å². The molecule has 1 heterocycles. The number of nitrogens with one attached hydrogen (secondary N) is 1. The Balaban J connectivity index is 2.57. The van der Waals surface area contributed by atoms with Gasteiger partial charge in [-0.3, -0.25) is 4.79 Å². The molecule has 1 aliphatic rings. The van der Waals surface area contributed by atoms with Crippen molar-refractivity contribution in [1.29, 1.82) is 0 Å². The minimum absolute atomic E-state index is 0.0391. The van der Waals surface area contributed by atoms with Crippen LogP contribution in [0.3, 0.4) is 0 Å². The van der Waals surface area contributed by atoms with Gasteiger partial charge < -0.3 is 50.5 Å². The van der Waals surface area contributed by atoms with Crippen LogP contribution >= 0.6 is 0 Å². The van der Waals surface area contributed by atoms with Gasteiger partial charge in [0.05, 0.1) is 25.4 Å². The molecule has 8 N–H and O–H groups in total. The molecular formula is C45H81NO10. The highest BCUT2D eigenvalue weighted by Crippen LogP contribution is 2.23. The first kappa shape index (κ1) is 52.1. The highest BCUT2D eigenvalue weighted by atomic mass is 16.7. The van der Waals surface area contributed by atoms with Crippen molar-refractivity contribution in [2.24, 2.45) is 0 Å². The Kier molecular flexibility index (Phi) is 32.6. The van der Waals surface area contributed by atoms with Gasteiger partial charge in [-0.05, 0) is 64.2 Å². The van der Waals surface area contributed by atoms with Crippen LogP contribution in [0.1, 0.15) is 162 Å². The highest BCUT2D eigenvalue weighted by Gasteiger charge is 2.44. The molecule has 1 saturated heterocycles. The van der Waals surface area contributed by atoms with Crippen LogP contribution in [0.5, 0.6) is 0 Å². The molecule has 0 aromatic carbocycles. The number of hydrogen-bond donors (Lipinski definition) is 8. The van der Waals surface area contributed by atoms with Gasteiger partial charge in [0.2, 0.25) is 5.91 Å². The van der Waals surface area contributed by atoms with E-state index in [4.69, 9.17) is 9.47 Å². The molecule has 56 heavy (non-hydrogen) atoms. The molecule has 1 rings (SSSR count). The number of aliphatic hydroxyl groups excluding tert-OH is 7. The molecule has 0 bridgehead atoms. The van der Waals surface area contributed by atoms with Crippen LogP contribution in [0.25, 0.3) is 0 Å². The number of carbonyl (C=O) groups excluding carboxylic acids is 1. The van der Waals surface area contributed by atoms with E-state index in [1.54, 1.807) is 6.08 Å². The third kappa shape index (κ3) is 24.8. The molecule has 0 aromatic rings. The highest BCUT2D eigenvalue weighted by molar-refractivity contribution is 5.81. The fraction of sp³-hybridized carbons (Fsp3) is 0.800. The number of unbranched alkanes of at least 4 members (excludes halogenated alkanes) is 16. The summed E-state index contributed by atoms with van der Waals surface area (Å²) in [6, 6.07) is -1.22. The Bertz CT molecular complexity index is 1050. The predicted molar refractivity (Wildman–Crippen MR) is 224 cm³/mol. The quantitative estimate of drug-likeness (QED) is 0.0256. The van der Waals surface area contributed by atoms with Crippen molar-refractivity contribution in [2.45, 2.75) is 217 Å². The van der Waals surface area contributed by atoms with E-state index in [1.807, 2.05) is 6.08 Å². The fourth-order valence-corrected chi connectivity index (χ4v) is 6.62. The lowest BCUT2D eigenvalue weighted by molar-refractivity contribution is -0.303. The number of ether oxygens (including phenoxy) is 2. The van der Waals surface area contributed by atoms with Crippen LogP contribution < -0.4 is 5.32 Å². The summed E-state index contributed by atoms with van der Waals surface area (Å²) >= 11 is 0. The van der Waals surface area contributed by atoms with Crippen molar-refractivity contribution in [3.63, 3.8) is 0 Å². The Morgan fingerprint density at radius 1 is 0.643 bits per heavy atom. The van der Waals surface area contributed by atoms with Crippen molar-refractivity contribution >= 4 is 5.91 Å². The van der Waals surface area contributed by atoms with Gasteiger partial charge in [0.25, 0.3) is 0 Å². The van der Waals surface area contributed by atoms with Crippen LogP contribution in [-0.2, 0) is 14.3 Å². The van der Waals surface area contributed by atoms with Gasteiger partial charge in [-0.2, -0.15) is 0 Å². The zero-order valence-electron chi connectivity index (χ0n) is 34.8. The molecule has 1 fully saturated rings. The van der Waals surface area contributed by atoms with Gasteiger partial charge in [0.1, 0.15) is 36.6 Å². The van der Waals surface area contributed by atoms with Gasteiger partial charge in [-0.25, -0.2) is 0 Å². The first-order chi connectivity index (χ1) is 27.2. The molecule has 1 aliphatic heterocycles. The lowest BCUT2D eigenvalue weighted by atomic mass is 9.99. The molecule has 0 saturated carbocycles. The Labute approximate surface area is 339 Å². The summed E-state index contributed by atoms with van der Waals surface area (Å²) in [7, 11) is 0. The van der Waals surface area contributed by atoms with E-state index in [2.05, 4.69) is 55.6 Å². The molecule has 9 atom stereocenters. The predicted octanol–water partition coefficient (Wildman–Crippen LogP) is 6.61. The van der Waals surface area contributed by atoms with Crippen molar-refractivity contribution < 1.29 is 50.0 Å². The monoisotopic (exact) mass is 796 g/mol. The largest absolute Gasteiger partial charge is 0.394 e. The molecule has 1 amide bonds. The number of hydrogen-bond acceptors (Lipinski definition) is 10. The molecule has 326 valence electrons. The fourth-order valence-electron chi connectivity index (χ4n) is 6.62. The van der Waals surface area contributed by atoms with Crippen molar-refractivity contribution in [3.8, 4) is 0 Å². The van der Waals surface area contributed by atoms with E-state index in [9.17, 15) is 40.5 Å². The van der Waals surface area contributed by atoms with E-state index >= 15 is 0 Å². The normalized spacial score (nSPS) is 22.8. The van der Waals surface area contributed by atoms with E-state index in [0.29, 0.717) is 19.3 Å². The minimum atomic E-state index is -1.68. The zero-order valence-corrected chi connectivity index (χ0v) is 34.8. The third-order valence-electron chi connectivity index (χ3n) is 10.3. The first-order valence-corrected chi connectivity index (χ1v) is 22.0. The average molecular weight is 796 g/mol. The lowest BCUT2D eigenvalue weighted by Crippen LogP contribution is -2.60. The maximum Gasteiger partial charge on any atom is 0.249 e. The molecule has 0 spiro atoms. The summed E-state index contributed by atoms with van der Waals surface area (Å²) < 4.78 is 11.0. The molecule has 11 nitrogen and oxygen atoms in total. The number of rotatable bonds is 35. The van der Waals surface area contributed by atoms with Gasteiger partial charge in [-0.15, -0.1) is 0 Å². The van der Waals surface area contributed by atoms with E-state index in [0.717, 1.165) is 25.7 Å². The molecule has 0 aromatic heterocycles. The maximum atomic E-state index is 13.0. The van der Waals surface area contributed by atoms with Gasteiger partial charge >= 0.3 is 0 Å². The van der Waals surface area contributed by atoms with Crippen molar-refractivity contribution in [3.05, 3.63) is 48.6 Å². The Morgan fingerprint density at radius 3 is 1.71 bits per heavy atom. The molecule has 0 aliphatic carbocycles. The average Bonchev–Trinajstić information content (AvgIpc) is 3.20. The third-order valence-corrected chi connectivity index (χ3v) is 10.3. The number of amides is 1. The lowest BCUT2D eigenvalue weighted by Gasteiger charge is -2.40. The summed E-state index contributed by atoms with van der Waals surface area (Å²) in [4.78, 5) is 13.0. The van der Waals surface area contributed by atoms with E-state index in [-0.39, 0.29) is 12.8 Å². The first-order valence-electron chi connectivity index (χ1n) is 22.0. The summed E-state index contributed by atoms with van der Waals surface area (Å²) in [6.07, 6.45) is 29.0. The molecule has 9 unspecified atom stereocenters. The zero-order chi connectivity index (χ0) is 41.2. The van der Waals surface area contributed by atoms with Crippen LogP contribution in [0.15, 0.2) is 48.6 Å². The topological polar surface area (TPSA) is 189 Å². The molecule has 0 radical (unpaired) electrons. The second-order valence-corrected chi connectivity index (χ2v) is 15.4. The van der Waals surface area contributed by atoms with Gasteiger partial charge in [0, 0.05) is 6.42 Å². The van der Waals surface area contributed by atoms with E-state index in [1.165, 1.54) is 89.9 Å². The van der Waals surface area contributed by atoms with Crippen LogP contribution in [-0.4, -0.2) is 110 Å². The van der Waals surface area contributed by atoms with Crippen LogP contribution in [0.4, 0.5) is 0 Å². The second-order valence-electron chi connectivity index (χ2n) is 15.4. The smallest absolute Gasteiger partial charge is 0.249 e. The number of allylic oxidation sites excluding steroid dienone is 7. The van der Waals surface area contributed by atoms with E-state index < -0.39 is 74.2 Å². The van der Waals surface area contributed by atoms with Crippen molar-refractivity contribution in [1.82, 2.24) is 5.32 Å². The van der Waals surface area contributed by atoms with Crippen LogP contribution in [0.2, 0.25) is 0 Å². The number of aliphatic hydroxyl groups is 7. The molecule has 11 heteroatoms. The second kappa shape index (κ2) is 35.1. The summed E-state index contributed by atoms with van der Waals surface area (Å²) in [5.41, 5.74) is 0. The Morgan fingerprint density at radius 2 is 1.14 bits per heavy atom. The van der Waals surface area contributed by atoms with Crippen molar-refractivity contribution in [2.75, 3.05) is 13.2 Å². The van der Waals surface area contributed by atoms with Crippen LogP contribution in [0, 0.1) is 0 Å². The summed E-state index contributed by atoms with van der Waals surface area (Å²) in [5, 5.41) is 75.3. The number of carbonyl (C=O) groups is 1. The van der Waals surface area contributed by atoms with Gasteiger partial charge in [-0.1, -0.05) is 140 Å². The Hall–Kier alpha value is -1.93. The maximum absolute atomic E-state index is 13.0. The standard InChI is InChI=1S/C45H81NO10/c1-3-5-7-9-11-13-15-17-18-19-20-21-23-24-26-28-30-32-37(48)40(50)36(35-55-45-43(53)42(52)41(51)39(34-47)56-45)46-44(54)38(49)33-31-29-27-25-22-16-14-12-10-8-6-4-2/h19-20,22,24-26,29,31,36-43,45,47-53H,3-18,21,23,27-28,30,32-35H2,1-2H3,(H,46,54)/b20-19+,25-22-,26-24+,31-29-.